The number of amides is 1. The minimum atomic E-state index is -0.786. The van der Waals surface area contributed by atoms with Gasteiger partial charge >= 0.3 is 5.97 Å². The summed E-state index contributed by atoms with van der Waals surface area (Å²) in [7, 11) is 1.94. The molecule has 0 spiro atoms. The van der Waals surface area contributed by atoms with Gasteiger partial charge < -0.3 is 40.1 Å². The van der Waals surface area contributed by atoms with Gasteiger partial charge in [-0.2, -0.15) is 0 Å². The number of phenols is 1. The quantitative estimate of drug-likeness (QED) is 0.0703. The number of nitrogens with zero attached hydrogens (tertiary/aromatic N) is 1. The number of phenolic OH excluding ortho intramolecular Hbond substituents is 1. The predicted molar refractivity (Wildman–Crippen MR) is 198 cm³/mol. The van der Waals surface area contributed by atoms with Crippen LogP contribution in [0.4, 0.5) is 0 Å². The van der Waals surface area contributed by atoms with Crippen LogP contribution in [0.25, 0.3) is 11.1 Å². The lowest BCUT2D eigenvalue weighted by atomic mass is 9.97. The molecule has 0 aromatic heterocycles. The lowest BCUT2D eigenvalue weighted by molar-refractivity contribution is -0.252. The number of aliphatic hydroxyl groups excluding tert-OH is 2. The fourth-order valence-corrected chi connectivity index (χ4v) is 6.56. The smallest absolute Gasteiger partial charge is 0.303 e. The number of hydrogen-bond acceptors (Lipinski definition) is 8. The van der Waals surface area contributed by atoms with E-state index in [9.17, 15) is 24.9 Å². The second-order valence-electron chi connectivity index (χ2n) is 13.5. The molecular formula is C42H50N2O8. The van der Waals surface area contributed by atoms with Crippen LogP contribution >= 0.6 is 0 Å². The molecule has 10 heteroatoms. The molecule has 4 aromatic rings. The number of ether oxygens (including phenoxy) is 2. The van der Waals surface area contributed by atoms with Crippen molar-refractivity contribution < 1.29 is 39.5 Å². The third-order valence-electron chi connectivity index (χ3n) is 9.40. The molecule has 0 aliphatic carbocycles. The van der Waals surface area contributed by atoms with Crippen molar-refractivity contribution in [3.63, 3.8) is 0 Å². The van der Waals surface area contributed by atoms with Crippen LogP contribution in [-0.2, 0) is 32.2 Å². The maximum atomic E-state index is 12.5. The molecule has 1 fully saturated rings. The number of hydrogen-bond donors (Lipinski definition) is 5. The van der Waals surface area contributed by atoms with Crippen LogP contribution < -0.4 is 5.32 Å². The number of rotatable bonds is 18. The van der Waals surface area contributed by atoms with Gasteiger partial charge in [0.15, 0.2) is 6.29 Å². The van der Waals surface area contributed by atoms with Gasteiger partial charge in [0.2, 0.25) is 5.91 Å². The van der Waals surface area contributed by atoms with E-state index in [4.69, 9.17) is 14.6 Å². The Hall–Kier alpha value is -4.58. The molecule has 0 radical (unpaired) electrons. The molecule has 1 saturated heterocycles. The Morgan fingerprint density at radius 1 is 0.865 bits per heavy atom. The first-order chi connectivity index (χ1) is 25.2. The first-order valence-electron chi connectivity index (χ1n) is 18.0. The standard InChI is InChI=1S/C42H50N2O8/c1-44(27-38(47)33-10-8-11-35(46)23-33)26-36-24-39(31-17-15-29(28-45)16-18-31)52-42(51-36)32-21-19-30(20-22-32)37-12-7-6-9-34(37)25-43-40(48)13-4-2-3-5-14-41(49)50/h6-12,15-23,36,38-39,42,45-47H,2-5,13-14,24-28H2,1H3,(H,43,48)(H,49,50). The van der Waals surface area contributed by atoms with Gasteiger partial charge in [0.05, 0.1) is 24.9 Å². The van der Waals surface area contributed by atoms with E-state index in [1.54, 1.807) is 24.3 Å². The molecule has 1 heterocycles. The van der Waals surface area contributed by atoms with E-state index >= 15 is 0 Å². The third kappa shape index (κ3) is 11.5. The van der Waals surface area contributed by atoms with Crippen LogP contribution in [0.2, 0.25) is 0 Å². The Morgan fingerprint density at radius 3 is 2.29 bits per heavy atom. The number of carboxylic acid groups (broad SMARTS) is 1. The maximum absolute atomic E-state index is 12.5. The molecule has 0 saturated carbocycles. The van der Waals surface area contributed by atoms with Crippen LogP contribution in [0.1, 0.15) is 91.3 Å². The molecule has 4 unspecified atom stereocenters. The van der Waals surface area contributed by atoms with E-state index in [2.05, 4.69) is 5.32 Å². The molecule has 1 amide bonds. The van der Waals surface area contributed by atoms with Crippen LogP contribution in [0.15, 0.2) is 97.1 Å². The molecule has 5 rings (SSSR count). The third-order valence-corrected chi connectivity index (χ3v) is 9.40. The molecule has 4 aromatic carbocycles. The molecule has 1 aliphatic heterocycles. The summed E-state index contributed by atoms with van der Waals surface area (Å²) in [6.07, 6.45) is 2.28. The van der Waals surface area contributed by atoms with Crippen molar-refractivity contribution in [1.29, 1.82) is 0 Å². The number of carboxylic acids is 1. The topological polar surface area (TPSA) is 149 Å². The number of aliphatic carboxylic acids is 1. The summed E-state index contributed by atoms with van der Waals surface area (Å²) in [5.41, 5.74) is 6.33. The van der Waals surface area contributed by atoms with Crippen LogP contribution in [0, 0.1) is 0 Å². The molecule has 5 N–H and O–H groups in total. The fourth-order valence-electron chi connectivity index (χ4n) is 6.56. The van der Waals surface area contributed by atoms with Crippen molar-refractivity contribution in [2.24, 2.45) is 0 Å². The highest BCUT2D eigenvalue weighted by Gasteiger charge is 2.33. The van der Waals surface area contributed by atoms with Crippen molar-refractivity contribution in [2.45, 2.75) is 82.7 Å². The second kappa shape index (κ2) is 19.3. The Morgan fingerprint density at radius 2 is 1.58 bits per heavy atom. The van der Waals surface area contributed by atoms with Crippen LogP contribution in [0.5, 0.6) is 5.75 Å². The zero-order valence-corrected chi connectivity index (χ0v) is 29.7. The summed E-state index contributed by atoms with van der Waals surface area (Å²) >= 11 is 0. The molecule has 1 aliphatic rings. The van der Waals surface area contributed by atoms with Gasteiger partial charge in [-0.1, -0.05) is 97.8 Å². The average Bonchev–Trinajstić information content (AvgIpc) is 3.15. The van der Waals surface area contributed by atoms with Crippen molar-refractivity contribution >= 4 is 11.9 Å². The van der Waals surface area contributed by atoms with E-state index in [1.807, 2.05) is 84.7 Å². The van der Waals surface area contributed by atoms with E-state index < -0.39 is 18.4 Å². The summed E-state index contributed by atoms with van der Waals surface area (Å²) in [5.74, 6) is -0.698. The molecule has 276 valence electrons. The minimum absolute atomic E-state index is 0.0235. The molecular weight excluding hydrogens is 660 g/mol. The number of carbonyl (C=O) groups is 2. The monoisotopic (exact) mass is 710 g/mol. The summed E-state index contributed by atoms with van der Waals surface area (Å²) in [6, 6.07) is 30.5. The van der Waals surface area contributed by atoms with Gasteiger partial charge in [-0.15, -0.1) is 0 Å². The number of benzene rings is 4. The summed E-state index contributed by atoms with van der Waals surface area (Å²) in [5, 5.41) is 42.1. The first kappa shape index (κ1) is 38.6. The minimum Gasteiger partial charge on any atom is -0.508 e. The zero-order valence-electron chi connectivity index (χ0n) is 29.7. The Balaban J connectivity index is 1.24. The van der Waals surface area contributed by atoms with E-state index in [-0.39, 0.29) is 36.9 Å². The van der Waals surface area contributed by atoms with E-state index in [0.717, 1.165) is 52.6 Å². The van der Waals surface area contributed by atoms with Crippen LogP contribution in [0.3, 0.4) is 0 Å². The lowest BCUT2D eigenvalue weighted by Crippen LogP contribution is -2.39. The second-order valence-corrected chi connectivity index (χ2v) is 13.5. The number of likely N-dealkylation sites (N-methyl/N-ethyl adjacent to an activating group) is 1. The largest absolute Gasteiger partial charge is 0.508 e. The summed E-state index contributed by atoms with van der Waals surface area (Å²) in [6.45, 7) is 1.26. The van der Waals surface area contributed by atoms with E-state index in [1.165, 1.54) is 0 Å². The molecule has 0 bridgehead atoms. The molecule has 52 heavy (non-hydrogen) atoms. The highest BCUT2D eigenvalue weighted by Crippen LogP contribution is 2.39. The SMILES string of the molecule is CN(CC1CC(c2ccc(CO)cc2)OC(c2ccc(-c3ccccc3CNC(=O)CCCCCCC(=O)O)cc2)O1)CC(O)c1cccc(O)c1. The van der Waals surface area contributed by atoms with Crippen molar-refractivity contribution in [1.82, 2.24) is 10.2 Å². The maximum Gasteiger partial charge on any atom is 0.303 e. The van der Waals surface area contributed by atoms with Gasteiger partial charge in [-0.05, 0) is 65.4 Å². The van der Waals surface area contributed by atoms with Gasteiger partial charge in [0, 0.05) is 44.5 Å². The first-order valence-corrected chi connectivity index (χ1v) is 18.0. The predicted octanol–water partition coefficient (Wildman–Crippen LogP) is 6.80. The van der Waals surface area contributed by atoms with Crippen molar-refractivity contribution in [3.8, 4) is 16.9 Å². The zero-order chi connectivity index (χ0) is 36.9. The molecule has 4 atom stereocenters. The molecule has 10 nitrogen and oxygen atoms in total. The number of carbonyl (C=O) groups excluding carboxylic acids is 1. The Labute approximate surface area is 305 Å². The van der Waals surface area contributed by atoms with Gasteiger partial charge in [0.25, 0.3) is 0 Å². The summed E-state index contributed by atoms with van der Waals surface area (Å²) < 4.78 is 13.1. The number of nitrogens with one attached hydrogen (secondary N) is 1. The highest BCUT2D eigenvalue weighted by atomic mass is 16.7. The number of aromatic hydroxyl groups is 1. The normalized spacial score (nSPS) is 17.9. The average molecular weight is 711 g/mol. The Bertz CT molecular complexity index is 1730. The van der Waals surface area contributed by atoms with Crippen LogP contribution in [-0.4, -0.2) is 63.4 Å². The van der Waals surface area contributed by atoms with Gasteiger partial charge in [-0.25, -0.2) is 0 Å². The van der Waals surface area contributed by atoms with E-state index in [0.29, 0.717) is 44.5 Å². The Kier molecular flexibility index (Phi) is 14.4. The van der Waals surface area contributed by atoms with Crippen molar-refractivity contribution in [3.05, 3.63) is 125 Å². The fraction of sp³-hybridized carbons (Fsp3) is 0.381. The highest BCUT2D eigenvalue weighted by molar-refractivity contribution is 5.76. The number of aliphatic hydroxyl groups is 2. The van der Waals surface area contributed by atoms with Gasteiger partial charge in [-0.3, -0.25) is 9.59 Å². The summed E-state index contributed by atoms with van der Waals surface area (Å²) in [4.78, 5) is 25.2. The van der Waals surface area contributed by atoms with Gasteiger partial charge in [0.1, 0.15) is 5.75 Å². The van der Waals surface area contributed by atoms with Crippen molar-refractivity contribution in [2.75, 3.05) is 20.1 Å². The number of unbranched alkanes of at least 4 members (excludes halogenated alkanes) is 3. The lowest BCUT2D eigenvalue weighted by Gasteiger charge is -2.38.